The summed E-state index contributed by atoms with van der Waals surface area (Å²) in [6.45, 7) is 4.63. The van der Waals surface area contributed by atoms with Crippen molar-refractivity contribution in [3.05, 3.63) is 35.3 Å². The Hall–Kier alpha value is -2.32. The molecule has 2 saturated heterocycles. The number of piperidine rings is 1. The molecule has 2 aromatic rings. The number of fused-ring (bicyclic) bond motifs is 1. The lowest BCUT2D eigenvalue weighted by Gasteiger charge is -2.42. The van der Waals surface area contributed by atoms with Gasteiger partial charge >= 0.3 is 6.03 Å². The predicted molar refractivity (Wildman–Crippen MR) is 111 cm³/mol. The van der Waals surface area contributed by atoms with E-state index >= 15 is 0 Å². The van der Waals surface area contributed by atoms with Crippen molar-refractivity contribution >= 4 is 34.4 Å². The summed E-state index contributed by atoms with van der Waals surface area (Å²) in [5.74, 6) is 0.0663. The number of carbonyl (C=O) groups excluding carboxylic acids is 2. The molecule has 9 heteroatoms. The first-order valence-electron chi connectivity index (χ1n) is 10.0. The first-order chi connectivity index (χ1) is 14.0. The van der Waals surface area contributed by atoms with Gasteiger partial charge in [0.25, 0.3) is 0 Å². The van der Waals surface area contributed by atoms with E-state index in [1.54, 1.807) is 17.5 Å². The molecule has 2 aliphatic heterocycles. The molecule has 155 valence electrons. The Labute approximate surface area is 174 Å². The molecule has 0 aliphatic carbocycles. The predicted octanol–water partition coefficient (Wildman–Crippen LogP) is 1.65. The molecule has 0 bridgehead atoms. The molecule has 4 rings (SSSR count). The number of likely N-dealkylation sites (tertiary alicyclic amines) is 1. The van der Waals surface area contributed by atoms with Gasteiger partial charge in [-0.1, -0.05) is 11.6 Å². The van der Waals surface area contributed by atoms with Crippen LogP contribution in [0.25, 0.3) is 10.9 Å². The van der Waals surface area contributed by atoms with E-state index in [1.807, 2.05) is 17.0 Å². The monoisotopic (exact) mass is 417 g/mol. The largest absolute Gasteiger partial charge is 0.351 e. The van der Waals surface area contributed by atoms with Crippen molar-refractivity contribution in [3.8, 4) is 0 Å². The van der Waals surface area contributed by atoms with Crippen LogP contribution in [0.2, 0.25) is 5.02 Å². The number of nitrogens with zero attached hydrogens (tertiary/aromatic N) is 4. The Balaban J connectivity index is 1.24. The van der Waals surface area contributed by atoms with Crippen LogP contribution in [0.4, 0.5) is 4.79 Å². The first kappa shape index (κ1) is 20.0. The van der Waals surface area contributed by atoms with Gasteiger partial charge in [-0.15, -0.1) is 0 Å². The summed E-state index contributed by atoms with van der Waals surface area (Å²) in [6, 6.07) is 4.02. The second-order valence-corrected chi connectivity index (χ2v) is 8.15. The number of H-pyrrole nitrogens is 1. The van der Waals surface area contributed by atoms with Crippen molar-refractivity contribution < 1.29 is 9.59 Å². The van der Waals surface area contributed by atoms with Gasteiger partial charge in [-0.2, -0.15) is 5.10 Å². The van der Waals surface area contributed by atoms with Crippen LogP contribution in [0.1, 0.15) is 18.4 Å². The van der Waals surface area contributed by atoms with E-state index in [0.29, 0.717) is 17.5 Å². The molecule has 3 heterocycles. The highest BCUT2D eigenvalue weighted by Gasteiger charge is 2.29. The summed E-state index contributed by atoms with van der Waals surface area (Å²) in [5.41, 5.74) is 7.17. The number of aromatic amines is 1. The number of urea groups is 1. The summed E-state index contributed by atoms with van der Waals surface area (Å²) in [5, 5.41) is 8.44. The van der Waals surface area contributed by atoms with Crippen molar-refractivity contribution in [2.24, 2.45) is 5.73 Å². The maximum atomic E-state index is 12.6. The van der Waals surface area contributed by atoms with Crippen LogP contribution in [0, 0.1) is 6.42 Å². The Morgan fingerprint density at radius 3 is 2.55 bits per heavy atom. The second kappa shape index (κ2) is 8.59. The first-order valence-corrected chi connectivity index (χ1v) is 10.4. The van der Waals surface area contributed by atoms with Crippen LogP contribution < -0.4 is 5.73 Å². The van der Waals surface area contributed by atoms with Gasteiger partial charge in [0.2, 0.25) is 5.91 Å². The molecular weight excluding hydrogens is 392 g/mol. The molecule has 0 unspecified atom stereocenters. The number of piperazine rings is 1. The standard InChI is InChI=1S/C20H26ClN6O2/c21-17-12-14(11-15-13-23-24-19(15)17)1-2-18(28)26-9-7-25(8-10-26)16-3-5-27(6-4-16)20(22)29/h2,11-13,16H,1,3-10H2,(H2,22,29)(H,23,24). The Bertz CT molecular complexity index is 884. The molecule has 1 radical (unpaired) electrons. The minimum Gasteiger partial charge on any atom is -0.351 e. The fourth-order valence-electron chi connectivity index (χ4n) is 4.28. The van der Waals surface area contributed by atoms with E-state index in [0.717, 1.165) is 68.6 Å². The smallest absolute Gasteiger partial charge is 0.314 e. The number of rotatable bonds is 4. The molecule has 1 aromatic carbocycles. The van der Waals surface area contributed by atoms with E-state index in [1.165, 1.54) is 0 Å². The molecule has 1 aromatic heterocycles. The Morgan fingerprint density at radius 2 is 1.86 bits per heavy atom. The average Bonchev–Trinajstić information content (AvgIpc) is 3.21. The highest BCUT2D eigenvalue weighted by atomic mass is 35.5. The number of hydrogen-bond donors (Lipinski definition) is 2. The number of amides is 3. The van der Waals surface area contributed by atoms with Crippen molar-refractivity contribution in [1.29, 1.82) is 0 Å². The topological polar surface area (TPSA) is 98.6 Å². The molecule has 0 saturated carbocycles. The highest BCUT2D eigenvalue weighted by Crippen LogP contribution is 2.24. The van der Waals surface area contributed by atoms with E-state index in [4.69, 9.17) is 17.3 Å². The fourth-order valence-corrected chi connectivity index (χ4v) is 4.58. The third-order valence-corrected chi connectivity index (χ3v) is 6.29. The van der Waals surface area contributed by atoms with E-state index in [2.05, 4.69) is 15.1 Å². The van der Waals surface area contributed by atoms with Crippen LogP contribution >= 0.6 is 11.6 Å². The summed E-state index contributed by atoms with van der Waals surface area (Å²) in [4.78, 5) is 29.9. The lowest BCUT2D eigenvalue weighted by molar-refractivity contribution is -0.129. The molecule has 2 fully saturated rings. The number of hydrogen-bond acceptors (Lipinski definition) is 4. The zero-order valence-corrected chi connectivity index (χ0v) is 17.1. The Morgan fingerprint density at radius 1 is 1.14 bits per heavy atom. The van der Waals surface area contributed by atoms with Gasteiger partial charge in [-0.05, 0) is 37.0 Å². The van der Waals surface area contributed by atoms with Gasteiger partial charge in [0.1, 0.15) is 0 Å². The second-order valence-electron chi connectivity index (χ2n) is 7.74. The summed E-state index contributed by atoms with van der Waals surface area (Å²) < 4.78 is 0. The molecule has 3 amide bonds. The van der Waals surface area contributed by atoms with Gasteiger partial charge in [-0.3, -0.25) is 14.8 Å². The van der Waals surface area contributed by atoms with Crippen molar-refractivity contribution in [3.63, 3.8) is 0 Å². The zero-order valence-electron chi connectivity index (χ0n) is 16.3. The summed E-state index contributed by atoms with van der Waals surface area (Å²) >= 11 is 6.27. The number of nitrogens with two attached hydrogens (primary N) is 1. The average molecular weight is 418 g/mol. The number of primary amides is 1. The quantitative estimate of drug-likeness (QED) is 0.790. The van der Waals surface area contributed by atoms with E-state index in [-0.39, 0.29) is 11.9 Å². The van der Waals surface area contributed by atoms with Crippen LogP contribution in [-0.4, -0.2) is 82.1 Å². The minimum atomic E-state index is -0.331. The molecular formula is C20H26ClN6O2. The maximum absolute atomic E-state index is 12.6. The molecule has 3 N–H and O–H groups in total. The number of carbonyl (C=O) groups is 2. The van der Waals surface area contributed by atoms with Crippen molar-refractivity contribution in [2.75, 3.05) is 39.3 Å². The molecule has 8 nitrogen and oxygen atoms in total. The van der Waals surface area contributed by atoms with Gasteiger partial charge in [0.15, 0.2) is 0 Å². The molecule has 29 heavy (non-hydrogen) atoms. The van der Waals surface area contributed by atoms with E-state index < -0.39 is 0 Å². The number of halogens is 1. The van der Waals surface area contributed by atoms with Gasteiger partial charge < -0.3 is 15.5 Å². The fraction of sp³-hybridized carbons (Fsp3) is 0.500. The third-order valence-electron chi connectivity index (χ3n) is 5.99. The molecule has 2 aliphatic rings. The number of nitrogens with one attached hydrogen (secondary N) is 1. The van der Waals surface area contributed by atoms with Gasteiger partial charge in [0.05, 0.1) is 23.2 Å². The SMILES string of the molecule is NC(=O)N1CCC(N2CCN(C(=O)[CH]Cc3cc(Cl)c4[nH]ncc4c3)CC2)CC1. The zero-order chi connectivity index (χ0) is 20.4. The molecule has 0 spiro atoms. The van der Waals surface area contributed by atoms with Gasteiger partial charge in [-0.25, -0.2) is 4.79 Å². The Kier molecular flexibility index (Phi) is 5.91. The third kappa shape index (κ3) is 4.48. The lowest BCUT2D eigenvalue weighted by Crippen LogP contribution is -2.55. The maximum Gasteiger partial charge on any atom is 0.314 e. The number of aromatic nitrogens is 2. The highest BCUT2D eigenvalue weighted by molar-refractivity contribution is 6.35. The molecule has 0 atom stereocenters. The van der Waals surface area contributed by atoms with Crippen LogP contribution in [-0.2, 0) is 11.2 Å². The van der Waals surface area contributed by atoms with Crippen LogP contribution in [0.5, 0.6) is 0 Å². The minimum absolute atomic E-state index is 0.0663. The number of benzene rings is 1. The van der Waals surface area contributed by atoms with Crippen LogP contribution in [0.3, 0.4) is 0 Å². The van der Waals surface area contributed by atoms with Gasteiger partial charge in [0, 0.05) is 50.7 Å². The van der Waals surface area contributed by atoms with E-state index in [9.17, 15) is 9.59 Å². The normalized spacial score (nSPS) is 19.1. The summed E-state index contributed by atoms with van der Waals surface area (Å²) in [6.07, 6.45) is 5.91. The van der Waals surface area contributed by atoms with Crippen molar-refractivity contribution in [2.45, 2.75) is 25.3 Å². The summed E-state index contributed by atoms with van der Waals surface area (Å²) in [7, 11) is 0. The van der Waals surface area contributed by atoms with Crippen molar-refractivity contribution in [1.82, 2.24) is 24.9 Å². The lowest BCUT2D eigenvalue weighted by atomic mass is 10.0. The van der Waals surface area contributed by atoms with Crippen LogP contribution in [0.15, 0.2) is 18.3 Å².